The fraction of sp³-hybridized carbons (Fsp3) is 0.923. The summed E-state index contributed by atoms with van der Waals surface area (Å²) in [6, 6.07) is 0. The first-order valence-corrected chi connectivity index (χ1v) is 6.03. The zero-order valence-corrected chi connectivity index (χ0v) is 10.7. The molecule has 3 unspecified atom stereocenters. The van der Waals surface area contributed by atoms with Gasteiger partial charge >= 0.3 is 5.97 Å². The number of ether oxygens (including phenoxy) is 1. The van der Waals surface area contributed by atoms with Gasteiger partial charge in [-0.2, -0.15) is 0 Å². The van der Waals surface area contributed by atoms with Crippen LogP contribution in [0.3, 0.4) is 0 Å². The van der Waals surface area contributed by atoms with Crippen molar-refractivity contribution in [2.45, 2.75) is 60.0 Å². The topological polar surface area (TPSA) is 26.3 Å². The molecule has 3 atom stereocenters. The van der Waals surface area contributed by atoms with E-state index in [0.717, 1.165) is 6.42 Å². The highest BCUT2D eigenvalue weighted by molar-refractivity contribution is 5.75. The van der Waals surface area contributed by atoms with Gasteiger partial charge in [0.1, 0.15) is 6.10 Å². The second-order valence-electron chi connectivity index (χ2n) is 5.96. The molecule has 0 radical (unpaired) electrons. The van der Waals surface area contributed by atoms with E-state index in [4.69, 9.17) is 4.74 Å². The number of carbonyl (C=O) groups is 1. The summed E-state index contributed by atoms with van der Waals surface area (Å²) in [5.74, 6) is 1.12. The van der Waals surface area contributed by atoms with Gasteiger partial charge in [-0.25, -0.2) is 0 Å². The van der Waals surface area contributed by atoms with E-state index in [1.54, 1.807) is 0 Å². The molecule has 0 aromatic rings. The molecule has 1 aliphatic rings. The molecule has 1 saturated carbocycles. The molecule has 15 heavy (non-hydrogen) atoms. The lowest BCUT2D eigenvalue weighted by atomic mass is 9.79. The van der Waals surface area contributed by atoms with Gasteiger partial charge in [-0.15, -0.1) is 0 Å². The molecule has 0 spiro atoms. The largest absolute Gasteiger partial charge is 0.462 e. The van der Waals surface area contributed by atoms with Crippen LogP contribution >= 0.6 is 0 Å². The maximum Gasteiger partial charge on any atom is 0.311 e. The van der Waals surface area contributed by atoms with E-state index in [-0.39, 0.29) is 17.5 Å². The summed E-state index contributed by atoms with van der Waals surface area (Å²) in [6.07, 6.45) is 3.63. The molecular formula is C13H24O2. The molecule has 0 N–H and O–H groups in total. The summed E-state index contributed by atoms with van der Waals surface area (Å²) >= 11 is 0. The van der Waals surface area contributed by atoms with Crippen molar-refractivity contribution < 1.29 is 9.53 Å². The van der Waals surface area contributed by atoms with Crippen LogP contribution in [0.4, 0.5) is 0 Å². The average Bonchev–Trinajstić information content (AvgIpc) is 2.11. The average molecular weight is 212 g/mol. The van der Waals surface area contributed by atoms with Gasteiger partial charge in [-0.1, -0.05) is 20.3 Å². The van der Waals surface area contributed by atoms with Crippen molar-refractivity contribution in [3.05, 3.63) is 0 Å². The lowest BCUT2D eigenvalue weighted by molar-refractivity contribution is -0.164. The quantitative estimate of drug-likeness (QED) is 0.623. The molecule has 1 fully saturated rings. The Morgan fingerprint density at radius 3 is 2.33 bits per heavy atom. The lowest BCUT2D eigenvalue weighted by Crippen LogP contribution is -2.36. The molecule has 0 heterocycles. The maximum atomic E-state index is 11.8. The van der Waals surface area contributed by atoms with E-state index in [2.05, 4.69) is 13.8 Å². The molecule has 0 saturated heterocycles. The molecule has 0 bridgehead atoms. The van der Waals surface area contributed by atoms with E-state index in [0.29, 0.717) is 11.8 Å². The van der Waals surface area contributed by atoms with Gasteiger partial charge in [0.05, 0.1) is 5.41 Å². The summed E-state index contributed by atoms with van der Waals surface area (Å²) in [7, 11) is 0. The first-order valence-electron chi connectivity index (χ1n) is 6.03. The third-order valence-corrected chi connectivity index (χ3v) is 3.50. The Labute approximate surface area is 93.4 Å². The van der Waals surface area contributed by atoms with Crippen LogP contribution in [0.2, 0.25) is 0 Å². The van der Waals surface area contributed by atoms with E-state index < -0.39 is 0 Å². The number of carbonyl (C=O) groups excluding carboxylic acids is 1. The Morgan fingerprint density at radius 2 is 1.80 bits per heavy atom. The molecule has 88 valence electrons. The number of hydrogen-bond donors (Lipinski definition) is 0. The van der Waals surface area contributed by atoms with Crippen molar-refractivity contribution >= 4 is 5.97 Å². The van der Waals surface area contributed by atoms with Crippen LogP contribution in [-0.4, -0.2) is 12.1 Å². The van der Waals surface area contributed by atoms with Crippen LogP contribution in [-0.2, 0) is 9.53 Å². The van der Waals surface area contributed by atoms with Crippen LogP contribution in [0.5, 0.6) is 0 Å². The normalized spacial score (nSPS) is 32.5. The summed E-state index contributed by atoms with van der Waals surface area (Å²) in [6.45, 7) is 10.2. The standard InChI is InChI=1S/C13H24O2/c1-9-7-6-8-11(10(9)2)15-12(14)13(3,4)5/h9-11H,6-8H2,1-5H3. The predicted octanol–water partition coefficient (Wildman–Crippen LogP) is 3.40. The smallest absolute Gasteiger partial charge is 0.311 e. The Kier molecular flexibility index (Phi) is 3.80. The monoisotopic (exact) mass is 212 g/mol. The number of rotatable bonds is 1. The SMILES string of the molecule is CC1CCCC(OC(=O)C(C)(C)C)C1C. The van der Waals surface area contributed by atoms with Crippen molar-refractivity contribution in [1.82, 2.24) is 0 Å². The van der Waals surface area contributed by atoms with Gasteiger partial charge in [0.2, 0.25) is 0 Å². The van der Waals surface area contributed by atoms with Gasteiger partial charge in [0.15, 0.2) is 0 Å². The minimum absolute atomic E-state index is 0.0616. The molecule has 1 rings (SSSR count). The predicted molar refractivity (Wildman–Crippen MR) is 61.5 cm³/mol. The van der Waals surface area contributed by atoms with E-state index >= 15 is 0 Å². The zero-order valence-electron chi connectivity index (χ0n) is 10.7. The maximum absolute atomic E-state index is 11.8. The number of hydrogen-bond acceptors (Lipinski definition) is 2. The van der Waals surface area contributed by atoms with Gasteiger partial charge in [0, 0.05) is 0 Å². The first kappa shape index (κ1) is 12.5. The highest BCUT2D eigenvalue weighted by Crippen LogP contribution is 2.32. The van der Waals surface area contributed by atoms with Crippen molar-refractivity contribution in [3.63, 3.8) is 0 Å². The Hall–Kier alpha value is -0.530. The zero-order chi connectivity index (χ0) is 11.6. The second kappa shape index (κ2) is 4.54. The molecule has 1 aliphatic carbocycles. The Bertz CT molecular complexity index is 227. The van der Waals surface area contributed by atoms with Crippen LogP contribution in [0.25, 0.3) is 0 Å². The molecule has 0 aromatic heterocycles. The minimum Gasteiger partial charge on any atom is -0.462 e. The lowest BCUT2D eigenvalue weighted by Gasteiger charge is -2.35. The van der Waals surface area contributed by atoms with Crippen LogP contribution in [0.15, 0.2) is 0 Å². The number of esters is 1. The molecule has 0 aliphatic heterocycles. The third-order valence-electron chi connectivity index (χ3n) is 3.50. The van der Waals surface area contributed by atoms with E-state index in [1.807, 2.05) is 20.8 Å². The summed E-state index contributed by atoms with van der Waals surface area (Å²) in [5.41, 5.74) is -0.375. The molecular weight excluding hydrogens is 188 g/mol. The molecule has 2 heteroatoms. The van der Waals surface area contributed by atoms with Crippen molar-refractivity contribution in [2.75, 3.05) is 0 Å². The van der Waals surface area contributed by atoms with Gasteiger partial charge < -0.3 is 4.74 Å². The summed E-state index contributed by atoms with van der Waals surface area (Å²) < 4.78 is 5.60. The first-order chi connectivity index (χ1) is 6.82. The van der Waals surface area contributed by atoms with Gasteiger partial charge in [-0.05, 0) is 45.4 Å². The molecule has 0 aromatic carbocycles. The fourth-order valence-corrected chi connectivity index (χ4v) is 2.01. The van der Waals surface area contributed by atoms with Crippen molar-refractivity contribution in [1.29, 1.82) is 0 Å². The Balaban J connectivity index is 2.54. The minimum atomic E-state index is -0.375. The van der Waals surface area contributed by atoms with Crippen LogP contribution in [0, 0.1) is 17.3 Å². The highest BCUT2D eigenvalue weighted by atomic mass is 16.5. The summed E-state index contributed by atoms with van der Waals surface area (Å²) in [5, 5.41) is 0. The fourth-order valence-electron chi connectivity index (χ4n) is 2.01. The van der Waals surface area contributed by atoms with Crippen LogP contribution in [0.1, 0.15) is 53.9 Å². The Morgan fingerprint density at radius 1 is 1.20 bits per heavy atom. The van der Waals surface area contributed by atoms with Crippen LogP contribution < -0.4 is 0 Å². The van der Waals surface area contributed by atoms with Gasteiger partial charge in [-0.3, -0.25) is 4.79 Å². The third kappa shape index (κ3) is 3.22. The molecule has 0 amide bonds. The highest BCUT2D eigenvalue weighted by Gasteiger charge is 2.33. The summed E-state index contributed by atoms with van der Waals surface area (Å²) in [4.78, 5) is 11.8. The second-order valence-corrected chi connectivity index (χ2v) is 5.96. The van der Waals surface area contributed by atoms with Crippen molar-refractivity contribution in [3.8, 4) is 0 Å². The van der Waals surface area contributed by atoms with E-state index in [1.165, 1.54) is 12.8 Å². The molecule has 2 nitrogen and oxygen atoms in total. The van der Waals surface area contributed by atoms with Crippen molar-refractivity contribution in [2.24, 2.45) is 17.3 Å². The van der Waals surface area contributed by atoms with Gasteiger partial charge in [0.25, 0.3) is 0 Å². The van der Waals surface area contributed by atoms with E-state index in [9.17, 15) is 4.79 Å².